The average Bonchev–Trinajstić information content (AvgIpc) is 3.48. The molecule has 9 nitrogen and oxygen atoms in total. The van der Waals surface area contributed by atoms with Gasteiger partial charge in [0.1, 0.15) is 13.2 Å². The van der Waals surface area contributed by atoms with Gasteiger partial charge >= 0.3 is 11.9 Å². The van der Waals surface area contributed by atoms with Crippen LogP contribution in [0.3, 0.4) is 0 Å². The minimum atomic E-state index is -1.63. The number of carbonyl (C=O) groups excluding carboxylic acids is 3. The molecule has 0 heterocycles. The van der Waals surface area contributed by atoms with E-state index in [4.69, 9.17) is 18.9 Å². The third kappa shape index (κ3) is 68.3. The number of carboxylic acid groups (broad SMARTS) is 1. The van der Waals surface area contributed by atoms with Crippen molar-refractivity contribution in [3.8, 4) is 0 Å². The van der Waals surface area contributed by atoms with Crippen LogP contribution in [0.4, 0.5) is 0 Å². The molecule has 9 heteroatoms. The van der Waals surface area contributed by atoms with Crippen LogP contribution in [-0.4, -0.2) is 82.3 Å². The molecule has 0 spiro atoms. The Morgan fingerprint density at radius 3 is 1.01 bits per heavy atom. The van der Waals surface area contributed by atoms with Gasteiger partial charge in [-0.3, -0.25) is 9.59 Å². The van der Waals surface area contributed by atoms with E-state index in [0.717, 1.165) is 83.5 Å². The maximum Gasteiger partial charge on any atom is 0.306 e. The number of hydrogen-bond donors (Lipinski definition) is 0. The van der Waals surface area contributed by atoms with E-state index in [2.05, 4.69) is 74.6 Å². The molecule has 0 aromatic carbocycles. The fourth-order valence-corrected chi connectivity index (χ4v) is 10.7. The van der Waals surface area contributed by atoms with Crippen molar-refractivity contribution in [3.05, 3.63) is 60.8 Å². The van der Waals surface area contributed by atoms with E-state index in [1.165, 1.54) is 231 Å². The number of esters is 2. The van der Waals surface area contributed by atoms with Crippen molar-refractivity contribution in [2.24, 2.45) is 0 Å². The Morgan fingerprint density at radius 2 is 0.671 bits per heavy atom. The summed E-state index contributed by atoms with van der Waals surface area (Å²) in [4.78, 5) is 37.4. The number of hydrogen-bond acceptors (Lipinski definition) is 8. The number of likely N-dealkylation sites (N-methyl/N-ethyl adjacent to an activating group) is 1. The van der Waals surface area contributed by atoms with Crippen LogP contribution in [0.2, 0.25) is 0 Å². The van der Waals surface area contributed by atoms with E-state index in [-0.39, 0.29) is 32.2 Å². The molecule has 2 atom stereocenters. The van der Waals surface area contributed by atoms with Crippen molar-refractivity contribution in [1.29, 1.82) is 0 Å². The van der Waals surface area contributed by atoms with E-state index in [1.54, 1.807) is 0 Å². The monoisotopic (exact) mass is 1190 g/mol. The second kappa shape index (κ2) is 66.9. The van der Waals surface area contributed by atoms with E-state index in [1.807, 2.05) is 21.1 Å². The zero-order chi connectivity index (χ0) is 61.9. The van der Waals surface area contributed by atoms with Gasteiger partial charge in [0, 0.05) is 12.8 Å². The second-order valence-electron chi connectivity index (χ2n) is 25.9. The molecule has 0 amide bonds. The molecule has 0 fully saturated rings. The number of carbonyl (C=O) groups is 3. The Balaban J connectivity index is 3.92. The lowest BCUT2D eigenvalue weighted by Gasteiger charge is -2.26. The summed E-state index contributed by atoms with van der Waals surface area (Å²) in [5.41, 5.74) is 0. The molecule has 2 unspecified atom stereocenters. The van der Waals surface area contributed by atoms with Crippen molar-refractivity contribution < 1.29 is 42.9 Å². The van der Waals surface area contributed by atoms with Gasteiger partial charge in [-0.05, 0) is 77.0 Å². The van der Waals surface area contributed by atoms with Crippen molar-refractivity contribution in [2.45, 2.75) is 360 Å². The van der Waals surface area contributed by atoms with Crippen LogP contribution < -0.4 is 5.11 Å². The molecule has 0 saturated heterocycles. The number of nitrogens with zero attached hydrogens (tertiary/aromatic N) is 1. The molecular formula is C76H139NO8. The predicted octanol–water partition coefficient (Wildman–Crippen LogP) is 21.4. The minimum absolute atomic E-state index is 0.144. The van der Waals surface area contributed by atoms with E-state index < -0.39 is 24.3 Å². The third-order valence-corrected chi connectivity index (χ3v) is 16.2. The van der Waals surface area contributed by atoms with Crippen LogP contribution >= 0.6 is 0 Å². The lowest BCUT2D eigenvalue weighted by atomic mass is 10.0. The Kier molecular flexibility index (Phi) is 64.6. The first-order valence-electron chi connectivity index (χ1n) is 36.4. The van der Waals surface area contributed by atoms with E-state index >= 15 is 0 Å². The van der Waals surface area contributed by atoms with Crippen molar-refractivity contribution in [1.82, 2.24) is 0 Å². The molecule has 0 aromatic rings. The highest BCUT2D eigenvalue weighted by molar-refractivity contribution is 5.70. The summed E-state index contributed by atoms with van der Waals surface area (Å²) in [5, 5.41) is 11.8. The van der Waals surface area contributed by atoms with Crippen LogP contribution in [0.5, 0.6) is 0 Å². The maximum absolute atomic E-state index is 12.9. The van der Waals surface area contributed by atoms with Crippen molar-refractivity contribution >= 4 is 17.9 Å². The number of ether oxygens (including phenoxy) is 4. The van der Waals surface area contributed by atoms with Gasteiger partial charge in [0.25, 0.3) is 0 Å². The van der Waals surface area contributed by atoms with Gasteiger partial charge in [0.2, 0.25) is 0 Å². The summed E-state index contributed by atoms with van der Waals surface area (Å²) in [6.45, 7) is 4.66. The lowest BCUT2D eigenvalue weighted by Crippen LogP contribution is -2.44. The summed E-state index contributed by atoms with van der Waals surface area (Å²) in [6, 6.07) is 0. The molecule has 0 saturated carbocycles. The molecule has 0 aliphatic heterocycles. The number of aliphatic carboxylic acids is 1. The van der Waals surface area contributed by atoms with E-state index in [9.17, 15) is 19.5 Å². The van der Waals surface area contributed by atoms with E-state index in [0.29, 0.717) is 23.9 Å². The van der Waals surface area contributed by atoms with Crippen LogP contribution in [0.15, 0.2) is 60.8 Å². The first-order valence-corrected chi connectivity index (χ1v) is 36.4. The molecule has 0 aromatic heterocycles. The quantitative estimate of drug-likeness (QED) is 0.0195. The lowest BCUT2D eigenvalue weighted by molar-refractivity contribution is -0.870. The first kappa shape index (κ1) is 82.0. The Labute approximate surface area is 526 Å². The second-order valence-corrected chi connectivity index (χ2v) is 25.9. The van der Waals surface area contributed by atoms with Gasteiger partial charge in [-0.15, -0.1) is 0 Å². The first-order chi connectivity index (χ1) is 41.6. The normalized spacial score (nSPS) is 13.0. The summed E-state index contributed by atoms with van der Waals surface area (Å²) in [5.74, 6) is -2.29. The SMILES string of the molecule is CC/C=C\C/C=C\C/C=C\C/C=C\CCCCCCCCC(=O)OC(COC(=O)CCCCCCCCCCCCCCCCCCCCCCCCCCCCCCC/C=C\CCCCCCCCCC)COC(OCC[N+](C)(C)C)C(=O)[O-]. The highest BCUT2D eigenvalue weighted by atomic mass is 16.7. The topological polar surface area (TPSA) is 111 Å². The van der Waals surface area contributed by atoms with Gasteiger partial charge in [-0.1, -0.05) is 319 Å². The molecule has 496 valence electrons. The highest BCUT2D eigenvalue weighted by Gasteiger charge is 2.22. The molecule has 0 rings (SSSR count). The number of quaternary nitrogens is 1. The number of carboxylic acids is 1. The molecule has 0 aliphatic rings. The predicted molar refractivity (Wildman–Crippen MR) is 362 cm³/mol. The number of unbranched alkanes of at least 4 members (excludes halogenated alkanes) is 43. The van der Waals surface area contributed by atoms with Crippen molar-refractivity contribution in [3.63, 3.8) is 0 Å². The highest BCUT2D eigenvalue weighted by Crippen LogP contribution is 2.19. The van der Waals surface area contributed by atoms with Crippen LogP contribution in [0.25, 0.3) is 0 Å². The fourth-order valence-electron chi connectivity index (χ4n) is 10.7. The summed E-state index contributed by atoms with van der Waals surface area (Å²) >= 11 is 0. The molecule has 85 heavy (non-hydrogen) atoms. The standard InChI is InChI=1S/C76H139NO8/c1-6-8-10-12-14-16-18-20-22-24-26-27-28-29-30-31-32-33-34-35-36-37-38-39-40-41-42-43-44-45-46-47-49-50-52-54-56-58-60-62-64-66-73(78)83-70-72(71-84-76(75(80)81)82-69-68-77(3,4)5)85-74(79)67-65-63-61-59-57-55-53-51-48-25-23-21-19-17-15-13-11-9-7-2/h9,11,15,17,21,23-24,26,48,51,72,76H,6-8,10,12-14,16,18-20,22,25,27-47,49-50,52-71H2,1-5H3/b11-9-,17-15-,23-21-,26-24-,51-48-. The van der Waals surface area contributed by atoms with Crippen LogP contribution in [0, 0.1) is 0 Å². The summed E-state index contributed by atoms with van der Waals surface area (Å²) < 4.78 is 22.8. The smallest absolute Gasteiger partial charge is 0.306 e. The average molecular weight is 1190 g/mol. The van der Waals surface area contributed by atoms with Gasteiger partial charge in [0.15, 0.2) is 12.4 Å². The molecule has 0 bridgehead atoms. The van der Waals surface area contributed by atoms with Crippen LogP contribution in [-0.2, 0) is 33.3 Å². The molecule has 0 radical (unpaired) electrons. The minimum Gasteiger partial charge on any atom is -0.545 e. The molecule has 0 N–H and O–H groups in total. The fraction of sp³-hybridized carbons (Fsp3) is 0.829. The Bertz CT molecular complexity index is 1580. The summed E-state index contributed by atoms with van der Waals surface area (Å²) in [6.07, 6.45) is 84.9. The van der Waals surface area contributed by atoms with Gasteiger partial charge in [-0.2, -0.15) is 0 Å². The third-order valence-electron chi connectivity index (χ3n) is 16.2. The zero-order valence-corrected chi connectivity index (χ0v) is 56.7. The maximum atomic E-state index is 12.9. The van der Waals surface area contributed by atoms with Gasteiger partial charge in [0.05, 0.1) is 40.3 Å². The zero-order valence-electron chi connectivity index (χ0n) is 56.7. The van der Waals surface area contributed by atoms with Gasteiger partial charge < -0.3 is 33.3 Å². The van der Waals surface area contributed by atoms with Gasteiger partial charge in [-0.25, -0.2) is 0 Å². The molecular weight excluding hydrogens is 1050 g/mol. The molecule has 0 aliphatic carbocycles. The largest absolute Gasteiger partial charge is 0.545 e. The number of allylic oxidation sites excluding steroid dienone is 10. The Morgan fingerprint density at radius 1 is 0.365 bits per heavy atom. The summed E-state index contributed by atoms with van der Waals surface area (Å²) in [7, 11) is 5.93. The Hall–Kier alpha value is -3.01. The van der Waals surface area contributed by atoms with Crippen LogP contribution in [0.1, 0.15) is 348 Å². The van der Waals surface area contributed by atoms with Crippen molar-refractivity contribution in [2.75, 3.05) is 47.5 Å². The number of rotatable bonds is 68.